The molecule has 1 saturated heterocycles. The van der Waals surface area contributed by atoms with Crippen LogP contribution in [0.2, 0.25) is 5.02 Å². The SMILES string of the molecule is COc1ccc(Cl)cc1CC(=O)N1CCC[C@@H](N)C1. The van der Waals surface area contributed by atoms with Gasteiger partial charge in [0.15, 0.2) is 0 Å². The van der Waals surface area contributed by atoms with Gasteiger partial charge in [-0.05, 0) is 31.0 Å². The maximum absolute atomic E-state index is 12.3. The molecule has 2 rings (SSSR count). The van der Waals surface area contributed by atoms with E-state index in [0.29, 0.717) is 23.7 Å². The van der Waals surface area contributed by atoms with Gasteiger partial charge in [0.2, 0.25) is 5.91 Å². The van der Waals surface area contributed by atoms with Crippen molar-refractivity contribution in [2.75, 3.05) is 20.2 Å². The number of nitrogens with two attached hydrogens (primary N) is 1. The smallest absolute Gasteiger partial charge is 0.227 e. The van der Waals surface area contributed by atoms with E-state index in [9.17, 15) is 4.79 Å². The molecule has 1 aromatic carbocycles. The summed E-state index contributed by atoms with van der Waals surface area (Å²) in [6.07, 6.45) is 2.26. The Hall–Kier alpha value is -1.26. The molecule has 0 aliphatic carbocycles. The molecular weight excluding hydrogens is 264 g/mol. The second-order valence-corrected chi connectivity index (χ2v) is 5.31. The molecule has 0 spiro atoms. The van der Waals surface area contributed by atoms with Crippen molar-refractivity contribution in [1.29, 1.82) is 0 Å². The standard InChI is InChI=1S/C14H19ClN2O2/c1-19-13-5-4-11(15)7-10(13)8-14(18)17-6-2-3-12(16)9-17/h4-5,7,12H,2-3,6,8-9,16H2,1H3/t12-/m1/s1. The number of halogens is 1. The van der Waals surface area contributed by atoms with Crippen molar-refractivity contribution >= 4 is 17.5 Å². The second kappa shape index (κ2) is 6.26. The number of likely N-dealkylation sites (tertiary alicyclic amines) is 1. The van der Waals surface area contributed by atoms with Gasteiger partial charge >= 0.3 is 0 Å². The maximum atomic E-state index is 12.3. The van der Waals surface area contributed by atoms with E-state index in [4.69, 9.17) is 22.1 Å². The van der Waals surface area contributed by atoms with Gasteiger partial charge < -0.3 is 15.4 Å². The molecule has 0 saturated carbocycles. The zero-order valence-corrected chi connectivity index (χ0v) is 11.8. The van der Waals surface area contributed by atoms with Crippen LogP contribution in [-0.4, -0.2) is 37.0 Å². The summed E-state index contributed by atoms with van der Waals surface area (Å²) < 4.78 is 5.26. The Morgan fingerprint density at radius 2 is 2.37 bits per heavy atom. The van der Waals surface area contributed by atoms with Crippen LogP contribution in [0, 0.1) is 0 Å². The summed E-state index contributed by atoms with van der Waals surface area (Å²) in [5.74, 6) is 0.773. The Bertz CT molecular complexity index is 465. The topological polar surface area (TPSA) is 55.6 Å². The van der Waals surface area contributed by atoms with Crippen LogP contribution in [-0.2, 0) is 11.2 Å². The Kier molecular flexibility index (Phi) is 4.66. The van der Waals surface area contributed by atoms with E-state index in [0.717, 1.165) is 24.9 Å². The number of carbonyl (C=O) groups is 1. The third kappa shape index (κ3) is 3.61. The first-order chi connectivity index (χ1) is 9.10. The fraction of sp³-hybridized carbons (Fsp3) is 0.500. The molecule has 0 aromatic heterocycles. The molecule has 1 atom stereocenters. The molecule has 0 radical (unpaired) electrons. The minimum absolute atomic E-state index is 0.0794. The van der Waals surface area contributed by atoms with E-state index in [1.165, 1.54) is 0 Å². The predicted molar refractivity (Wildman–Crippen MR) is 75.5 cm³/mol. The van der Waals surface area contributed by atoms with Gasteiger partial charge in [0, 0.05) is 29.7 Å². The molecule has 19 heavy (non-hydrogen) atoms. The predicted octanol–water partition coefficient (Wildman–Crippen LogP) is 1.84. The summed E-state index contributed by atoms with van der Waals surface area (Å²) in [5, 5.41) is 0.610. The molecule has 5 heteroatoms. The fourth-order valence-electron chi connectivity index (χ4n) is 2.40. The second-order valence-electron chi connectivity index (χ2n) is 4.88. The van der Waals surface area contributed by atoms with Crippen LogP contribution in [0.1, 0.15) is 18.4 Å². The molecule has 4 nitrogen and oxygen atoms in total. The number of nitrogens with zero attached hydrogens (tertiary/aromatic N) is 1. The lowest BCUT2D eigenvalue weighted by Crippen LogP contribution is -2.46. The summed E-state index contributed by atoms with van der Waals surface area (Å²) in [6, 6.07) is 5.42. The number of hydrogen-bond donors (Lipinski definition) is 1. The van der Waals surface area contributed by atoms with Crippen molar-refractivity contribution in [1.82, 2.24) is 4.90 Å². The third-order valence-electron chi connectivity index (χ3n) is 3.39. The number of piperidine rings is 1. The summed E-state index contributed by atoms with van der Waals surface area (Å²) in [4.78, 5) is 14.1. The van der Waals surface area contributed by atoms with Gasteiger partial charge in [-0.15, -0.1) is 0 Å². The molecule has 1 aliphatic rings. The lowest BCUT2D eigenvalue weighted by Gasteiger charge is -2.31. The van der Waals surface area contributed by atoms with Gasteiger partial charge in [-0.25, -0.2) is 0 Å². The number of carbonyl (C=O) groups excluding carboxylic acids is 1. The van der Waals surface area contributed by atoms with Crippen molar-refractivity contribution in [3.8, 4) is 5.75 Å². The Labute approximate surface area is 118 Å². The average molecular weight is 283 g/mol. The van der Waals surface area contributed by atoms with E-state index < -0.39 is 0 Å². The zero-order valence-electron chi connectivity index (χ0n) is 11.1. The number of rotatable bonds is 3. The zero-order chi connectivity index (χ0) is 13.8. The highest BCUT2D eigenvalue weighted by molar-refractivity contribution is 6.30. The largest absolute Gasteiger partial charge is 0.496 e. The van der Waals surface area contributed by atoms with E-state index in [1.807, 2.05) is 4.90 Å². The Morgan fingerprint density at radius 3 is 3.05 bits per heavy atom. The van der Waals surface area contributed by atoms with Gasteiger partial charge in [-0.3, -0.25) is 4.79 Å². The Morgan fingerprint density at radius 1 is 1.58 bits per heavy atom. The minimum atomic E-state index is 0.0794. The van der Waals surface area contributed by atoms with Crippen LogP contribution in [0.25, 0.3) is 0 Å². The molecule has 1 heterocycles. The van der Waals surface area contributed by atoms with Gasteiger partial charge in [0.25, 0.3) is 0 Å². The maximum Gasteiger partial charge on any atom is 0.227 e. The van der Waals surface area contributed by atoms with Crippen LogP contribution >= 0.6 is 11.6 Å². The number of amides is 1. The van der Waals surface area contributed by atoms with Gasteiger partial charge in [-0.1, -0.05) is 11.6 Å². The number of methoxy groups -OCH3 is 1. The first-order valence-corrected chi connectivity index (χ1v) is 6.83. The van der Waals surface area contributed by atoms with Gasteiger partial charge in [-0.2, -0.15) is 0 Å². The summed E-state index contributed by atoms with van der Waals surface area (Å²) in [7, 11) is 1.59. The van der Waals surface area contributed by atoms with Crippen molar-refractivity contribution in [2.45, 2.75) is 25.3 Å². The van der Waals surface area contributed by atoms with E-state index >= 15 is 0 Å². The molecule has 1 aromatic rings. The quantitative estimate of drug-likeness (QED) is 0.920. The van der Waals surface area contributed by atoms with Crippen molar-refractivity contribution in [3.63, 3.8) is 0 Å². The molecule has 104 valence electrons. The van der Waals surface area contributed by atoms with Crippen molar-refractivity contribution < 1.29 is 9.53 Å². The number of ether oxygens (including phenoxy) is 1. The average Bonchev–Trinajstić information content (AvgIpc) is 2.39. The summed E-state index contributed by atoms with van der Waals surface area (Å²) in [5.41, 5.74) is 6.72. The fourth-order valence-corrected chi connectivity index (χ4v) is 2.59. The monoisotopic (exact) mass is 282 g/mol. The minimum Gasteiger partial charge on any atom is -0.496 e. The lowest BCUT2D eigenvalue weighted by atomic mass is 10.0. The normalized spacial score (nSPS) is 19.3. The first kappa shape index (κ1) is 14.2. The van der Waals surface area contributed by atoms with Gasteiger partial charge in [0.1, 0.15) is 5.75 Å². The van der Waals surface area contributed by atoms with E-state index in [1.54, 1.807) is 25.3 Å². The number of benzene rings is 1. The van der Waals surface area contributed by atoms with Crippen LogP contribution in [0.4, 0.5) is 0 Å². The Balaban J connectivity index is 2.07. The molecule has 0 unspecified atom stereocenters. The molecule has 0 bridgehead atoms. The summed E-state index contributed by atoms with van der Waals surface area (Å²) >= 11 is 5.97. The highest BCUT2D eigenvalue weighted by atomic mass is 35.5. The molecule has 1 aliphatic heterocycles. The summed E-state index contributed by atoms with van der Waals surface area (Å²) in [6.45, 7) is 1.43. The van der Waals surface area contributed by atoms with Crippen LogP contribution in [0.15, 0.2) is 18.2 Å². The molecular formula is C14H19ClN2O2. The number of hydrogen-bond acceptors (Lipinski definition) is 3. The van der Waals surface area contributed by atoms with Crippen LogP contribution in [0.3, 0.4) is 0 Å². The van der Waals surface area contributed by atoms with Crippen LogP contribution in [0.5, 0.6) is 5.75 Å². The first-order valence-electron chi connectivity index (χ1n) is 6.46. The lowest BCUT2D eigenvalue weighted by molar-refractivity contribution is -0.131. The molecule has 2 N–H and O–H groups in total. The highest BCUT2D eigenvalue weighted by Gasteiger charge is 2.22. The van der Waals surface area contributed by atoms with Crippen molar-refractivity contribution in [2.24, 2.45) is 5.73 Å². The van der Waals surface area contributed by atoms with Crippen LogP contribution < -0.4 is 10.5 Å². The van der Waals surface area contributed by atoms with Gasteiger partial charge in [0.05, 0.1) is 13.5 Å². The van der Waals surface area contributed by atoms with E-state index in [2.05, 4.69) is 0 Å². The van der Waals surface area contributed by atoms with E-state index in [-0.39, 0.29) is 11.9 Å². The molecule has 1 amide bonds. The van der Waals surface area contributed by atoms with Crippen molar-refractivity contribution in [3.05, 3.63) is 28.8 Å². The molecule has 1 fully saturated rings. The third-order valence-corrected chi connectivity index (χ3v) is 3.63. The highest BCUT2D eigenvalue weighted by Crippen LogP contribution is 2.24.